The standard InChI is InChI=1S/C17H22N2O/c1-3-19(12-13(2)11-18)17(20)16-10-6-8-14-7-4-5-9-15(14)16/h4-5,7,9,13,16H,3,6,8,10,12H2,1-2H3/t13-,16-/m0/s1. The molecule has 0 radical (unpaired) electrons. The van der Waals surface area contributed by atoms with Gasteiger partial charge in [0, 0.05) is 13.1 Å². The third kappa shape index (κ3) is 3.01. The van der Waals surface area contributed by atoms with Crippen molar-refractivity contribution in [3.8, 4) is 6.07 Å². The SMILES string of the molecule is CCN(C[C@@H](C)C#N)C(=O)[C@H]1CCCc2ccccc21. The molecule has 0 N–H and O–H groups in total. The zero-order chi connectivity index (χ0) is 14.5. The number of aryl methyl sites for hydroxylation is 1. The van der Waals surface area contributed by atoms with Crippen molar-refractivity contribution in [2.24, 2.45) is 5.92 Å². The zero-order valence-electron chi connectivity index (χ0n) is 12.3. The molecule has 1 aliphatic carbocycles. The maximum atomic E-state index is 12.8. The van der Waals surface area contributed by atoms with Crippen LogP contribution in [0.4, 0.5) is 0 Å². The molecule has 0 unspecified atom stereocenters. The largest absolute Gasteiger partial charge is 0.341 e. The van der Waals surface area contributed by atoms with E-state index in [2.05, 4.69) is 18.2 Å². The summed E-state index contributed by atoms with van der Waals surface area (Å²) in [6.07, 6.45) is 3.06. The van der Waals surface area contributed by atoms with Gasteiger partial charge in [0.15, 0.2) is 0 Å². The molecule has 2 atom stereocenters. The van der Waals surface area contributed by atoms with Crippen LogP contribution in [0, 0.1) is 17.2 Å². The molecule has 0 bridgehead atoms. The summed E-state index contributed by atoms with van der Waals surface area (Å²) < 4.78 is 0. The molecular weight excluding hydrogens is 248 g/mol. The van der Waals surface area contributed by atoms with E-state index >= 15 is 0 Å². The molecule has 0 heterocycles. The molecule has 0 saturated carbocycles. The van der Waals surface area contributed by atoms with Crippen LogP contribution >= 0.6 is 0 Å². The Kier molecular flexibility index (Phi) is 4.79. The molecule has 20 heavy (non-hydrogen) atoms. The van der Waals surface area contributed by atoms with Gasteiger partial charge in [-0.1, -0.05) is 24.3 Å². The van der Waals surface area contributed by atoms with E-state index in [9.17, 15) is 4.79 Å². The Hall–Kier alpha value is -1.82. The van der Waals surface area contributed by atoms with Crippen molar-refractivity contribution < 1.29 is 4.79 Å². The van der Waals surface area contributed by atoms with Crippen LogP contribution in [0.2, 0.25) is 0 Å². The quantitative estimate of drug-likeness (QED) is 0.843. The first-order chi connectivity index (χ1) is 9.67. The van der Waals surface area contributed by atoms with Gasteiger partial charge in [0.1, 0.15) is 0 Å². The summed E-state index contributed by atoms with van der Waals surface area (Å²) in [5.41, 5.74) is 2.49. The topological polar surface area (TPSA) is 44.1 Å². The number of rotatable bonds is 4. The maximum absolute atomic E-state index is 12.8. The minimum absolute atomic E-state index is 0.0224. The van der Waals surface area contributed by atoms with Crippen LogP contribution in [0.3, 0.4) is 0 Å². The van der Waals surface area contributed by atoms with Gasteiger partial charge < -0.3 is 4.90 Å². The molecule has 0 saturated heterocycles. The van der Waals surface area contributed by atoms with Crippen molar-refractivity contribution in [2.45, 2.75) is 39.0 Å². The highest BCUT2D eigenvalue weighted by molar-refractivity contribution is 5.84. The Morgan fingerprint density at radius 3 is 2.95 bits per heavy atom. The Bertz CT molecular complexity index is 518. The van der Waals surface area contributed by atoms with Crippen molar-refractivity contribution in [3.05, 3.63) is 35.4 Å². The first-order valence-electron chi connectivity index (χ1n) is 7.43. The summed E-state index contributed by atoms with van der Waals surface area (Å²) in [4.78, 5) is 14.6. The summed E-state index contributed by atoms with van der Waals surface area (Å²) in [6, 6.07) is 10.5. The van der Waals surface area contributed by atoms with Crippen LogP contribution in [-0.4, -0.2) is 23.9 Å². The average Bonchev–Trinajstić information content (AvgIpc) is 2.51. The van der Waals surface area contributed by atoms with Crippen LogP contribution in [0.25, 0.3) is 0 Å². The van der Waals surface area contributed by atoms with Gasteiger partial charge in [-0.3, -0.25) is 4.79 Å². The number of nitriles is 1. The predicted molar refractivity (Wildman–Crippen MR) is 79.2 cm³/mol. The molecular formula is C17H22N2O. The fraction of sp³-hybridized carbons (Fsp3) is 0.529. The first-order valence-corrected chi connectivity index (χ1v) is 7.43. The number of hydrogen-bond donors (Lipinski definition) is 0. The van der Waals surface area contributed by atoms with Gasteiger partial charge >= 0.3 is 0 Å². The number of hydrogen-bond acceptors (Lipinski definition) is 2. The van der Waals surface area contributed by atoms with Crippen molar-refractivity contribution in [1.82, 2.24) is 4.90 Å². The van der Waals surface area contributed by atoms with E-state index in [1.807, 2.05) is 30.9 Å². The molecule has 3 nitrogen and oxygen atoms in total. The van der Waals surface area contributed by atoms with E-state index < -0.39 is 0 Å². The minimum atomic E-state index is -0.113. The van der Waals surface area contributed by atoms with Gasteiger partial charge in [0.05, 0.1) is 17.9 Å². The van der Waals surface area contributed by atoms with Gasteiger partial charge in [0.25, 0.3) is 0 Å². The lowest BCUT2D eigenvalue weighted by Gasteiger charge is -2.30. The number of fused-ring (bicyclic) bond motifs is 1. The van der Waals surface area contributed by atoms with Crippen LogP contribution in [0.15, 0.2) is 24.3 Å². The van der Waals surface area contributed by atoms with Gasteiger partial charge in [-0.25, -0.2) is 0 Å². The lowest BCUT2D eigenvalue weighted by atomic mass is 9.82. The van der Waals surface area contributed by atoms with E-state index in [1.54, 1.807) is 0 Å². The fourth-order valence-electron chi connectivity index (χ4n) is 2.98. The summed E-state index contributed by atoms with van der Waals surface area (Å²) in [5, 5.41) is 8.94. The van der Waals surface area contributed by atoms with Gasteiger partial charge in [-0.05, 0) is 44.2 Å². The molecule has 0 aliphatic heterocycles. The van der Waals surface area contributed by atoms with Crippen molar-refractivity contribution in [1.29, 1.82) is 5.26 Å². The predicted octanol–water partition coefficient (Wildman–Crippen LogP) is 3.11. The van der Waals surface area contributed by atoms with E-state index in [4.69, 9.17) is 5.26 Å². The van der Waals surface area contributed by atoms with Crippen LogP contribution in [0.5, 0.6) is 0 Å². The average molecular weight is 270 g/mol. The second kappa shape index (κ2) is 6.56. The van der Waals surface area contributed by atoms with Crippen molar-refractivity contribution in [2.75, 3.05) is 13.1 Å². The second-order valence-electron chi connectivity index (χ2n) is 5.55. The minimum Gasteiger partial charge on any atom is -0.341 e. The number of carbonyl (C=O) groups excluding carboxylic acids is 1. The van der Waals surface area contributed by atoms with E-state index in [-0.39, 0.29) is 17.7 Å². The number of benzene rings is 1. The Balaban J connectivity index is 2.19. The molecule has 0 spiro atoms. The van der Waals surface area contributed by atoms with Gasteiger partial charge in [0.2, 0.25) is 5.91 Å². The molecule has 0 aromatic heterocycles. The third-order valence-electron chi connectivity index (χ3n) is 4.08. The maximum Gasteiger partial charge on any atom is 0.230 e. The molecule has 1 aromatic rings. The molecule has 1 aromatic carbocycles. The Morgan fingerprint density at radius 2 is 2.25 bits per heavy atom. The van der Waals surface area contributed by atoms with Crippen LogP contribution in [-0.2, 0) is 11.2 Å². The number of amides is 1. The normalized spacial score (nSPS) is 18.8. The molecule has 0 fully saturated rings. The highest BCUT2D eigenvalue weighted by atomic mass is 16.2. The fourth-order valence-corrected chi connectivity index (χ4v) is 2.98. The summed E-state index contributed by atoms with van der Waals surface area (Å²) in [7, 11) is 0. The summed E-state index contributed by atoms with van der Waals surface area (Å²) in [6.45, 7) is 5.05. The third-order valence-corrected chi connectivity index (χ3v) is 4.08. The lowest BCUT2D eigenvalue weighted by molar-refractivity contribution is -0.133. The van der Waals surface area contributed by atoms with E-state index in [0.717, 1.165) is 19.3 Å². The van der Waals surface area contributed by atoms with Crippen LogP contribution < -0.4 is 0 Å². The first kappa shape index (κ1) is 14.6. The number of nitrogens with zero attached hydrogens (tertiary/aromatic N) is 2. The molecule has 1 amide bonds. The molecule has 1 aliphatic rings. The monoisotopic (exact) mass is 270 g/mol. The zero-order valence-corrected chi connectivity index (χ0v) is 12.3. The van der Waals surface area contributed by atoms with Crippen molar-refractivity contribution in [3.63, 3.8) is 0 Å². The Morgan fingerprint density at radius 1 is 1.50 bits per heavy atom. The molecule has 2 rings (SSSR count). The van der Waals surface area contributed by atoms with E-state index in [0.29, 0.717) is 13.1 Å². The Labute approximate surface area is 121 Å². The molecule has 3 heteroatoms. The van der Waals surface area contributed by atoms with Gasteiger partial charge in [-0.15, -0.1) is 0 Å². The number of carbonyl (C=O) groups is 1. The summed E-state index contributed by atoms with van der Waals surface area (Å²) >= 11 is 0. The number of likely N-dealkylation sites (N-methyl/N-ethyl adjacent to an activating group) is 1. The smallest absolute Gasteiger partial charge is 0.230 e. The van der Waals surface area contributed by atoms with Crippen LogP contribution in [0.1, 0.15) is 43.7 Å². The molecule has 106 valence electrons. The summed E-state index contributed by atoms with van der Waals surface area (Å²) in [5.74, 6) is 0.0466. The van der Waals surface area contributed by atoms with Gasteiger partial charge in [-0.2, -0.15) is 5.26 Å². The van der Waals surface area contributed by atoms with E-state index in [1.165, 1.54) is 11.1 Å². The lowest BCUT2D eigenvalue weighted by Crippen LogP contribution is -2.38. The highest BCUT2D eigenvalue weighted by Crippen LogP contribution is 2.32. The highest BCUT2D eigenvalue weighted by Gasteiger charge is 2.29. The van der Waals surface area contributed by atoms with Crippen molar-refractivity contribution >= 4 is 5.91 Å². The second-order valence-corrected chi connectivity index (χ2v) is 5.55.